The molecule has 30 heavy (non-hydrogen) atoms. The highest BCUT2D eigenvalue weighted by atomic mass is 16.5. The Bertz CT molecular complexity index is 936. The van der Waals surface area contributed by atoms with Gasteiger partial charge in [-0.2, -0.15) is 0 Å². The summed E-state index contributed by atoms with van der Waals surface area (Å²) in [6, 6.07) is 9.61. The summed E-state index contributed by atoms with van der Waals surface area (Å²) >= 11 is 0. The number of hydrogen-bond donors (Lipinski definition) is 1. The molecule has 0 spiro atoms. The van der Waals surface area contributed by atoms with Gasteiger partial charge >= 0.3 is 0 Å². The zero-order valence-electron chi connectivity index (χ0n) is 17.3. The van der Waals surface area contributed by atoms with Crippen molar-refractivity contribution in [1.29, 1.82) is 0 Å². The normalized spacial score (nSPS) is 22.1. The molecule has 1 saturated carbocycles. The molecule has 1 N–H and O–H groups in total. The summed E-state index contributed by atoms with van der Waals surface area (Å²) in [7, 11) is 0. The molecule has 2 aromatic rings. The van der Waals surface area contributed by atoms with Crippen LogP contribution < -0.4 is 4.74 Å². The minimum absolute atomic E-state index is 0.0302. The van der Waals surface area contributed by atoms with Crippen LogP contribution in [0.25, 0.3) is 5.76 Å². The van der Waals surface area contributed by atoms with Crippen molar-refractivity contribution < 1.29 is 23.8 Å². The van der Waals surface area contributed by atoms with E-state index in [1.54, 1.807) is 41.3 Å². The van der Waals surface area contributed by atoms with Crippen LogP contribution in [0.3, 0.4) is 0 Å². The van der Waals surface area contributed by atoms with E-state index in [2.05, 4.69) is 0 Å². The fraction of sp³-hybridized carbons (Fsp3) is 0.417. The summed E-state index contributed by atoms with van der Waals surface area (Å²) in [5.41, 5.74) is 0.544. The van der Waals surface area contributed by atoms with E-state index in [1.807, 2.05) is 13.8 Å². The van der Waals surface area contributed by atoms with Gasteiger partial charge in [0.05, 0.1) is 17.9 Å². The number of carbonyl (C=O) groups excluding carboxylic acids is 2. The summed E-state index contributed by atoms with van der Waals surface area (Å²) in [5.74, 6) is -0.261. The molecule has 1 atom stereocenters. The predicted octanol–water partition coefficient (Wildman–Crippen LogP) is 4.82. The van der Waals surface area contributed by atoms with Crippen molar-refractivity contribution in [1.82, 2.24) is 4.90 Å². The first-order chi connectivity index (χ1) is 14.5. The Labute approximate surface area is 176 Å². The zero-order valence-corrected chi connectivity index (χ0v) is 17.3. The minimum atomic E-state index is -0.713. The van der Waals surface area contributed by atoms with Crippen LogP contribution in [0.2, 0.25) is 0 Å². The molecule has 6 heteroatoms. The lowest BCUT2D eigenvalue weighted by molar-refractivity contribution is -0.142. The van der Waals surface area contributed by atoms with E-state index in [4.69, 9.17) is 9.15 Å². The molecule has 0 radical (unpaired) electrons. The molecule has 1 unspecified atom stereocenters. The molecule has 1 aliphatic carbocycles. The van der Waals surface area contributed by atoms with Crippen molar-refractivity contribution in [3.05, 3.63) is 59.6 Å². The lowest BCUT2D eigenvalue weighted by Gasteiger charge is -2.34. The molecule has 1 amide bonds. The van der Waals surface area contributed by atoms with E-state index in [-0.39, 0.29) is 23.5 Å². The maximum absolute atomic E-state index is 13.0. The van der Waals surface area contributed by atoms with Gasteiger partial charge < -0.3 is 19.2 Å². The van der Waals surface area contributed by atoms with Gasteiger partial charge in [0.25, 0.3) is 11.7 Å². The maximum atomic E-state index is 13.0. The van der Waals surface area contributed by atoms with Crippen molar-refractivity contribution >= 4 is 17.4 Å². The molecule has 2 fully saturated rings. The van der Waals surface area contributed by atoms with Crippen LogP contribution in [-0.2, 0) is 9.59 Å². The second kappa shape index (κ2) is 8.38. The Balaban J connectivity index is 1.76. The molecule has 4 rings (SSSR count). The highest BCUT2D eigenvalue weighted by molar-refractivity contribution is 6.46. The molecule has 0 bridgehead atoms. The third-order valence-electron chi connectivity index (χ3n) is 5.76. The first-order valence-corrected chi connectivity index (χ1v) is 10.6. The number of aliphatic hydroxyl groups is 1. The largest absolute Gasteiger partial charge is 0.507 e. The number of Topliss-reactive ketones (excluding diaryl/α,β-unsaturated/α-hetero) is 1. The summed E-state index contributed by atoms with van der Waals surface area (Å²) < 4.78 is 11.2. The van der Waals surface area contributed by atoms with E-state index in [9.17, 15) is 14.7 Å². The number of likely N-dealkylation sites (tertiary alicyclic amines) is 1. The number of benzene rings is 1. The smallest absolute Gasteiger partial charge is 0.296 e. The number of rotatable bonds is 5. The molecule has 2 aliphatic rings. The molecule has 158 valence electrons. The van der Waals surface area contributed by atoms with Crippen molar-refractivity contribution in [2.75, 3.05) is 0 Å². The second-order valence-corrected chi connectivity index (χ2v) is 8.20. The molecular weight excluding hydrogens is 382 g/mol. The maximum Gasteiger partial charge on any atom is 0.296 e. The second-order valence-electron chi connectivity index (χ2n) is 8.20. The number of nitrogens with zero attached hydrogens (tertiary/aromatic N) is 1. The lowest BCUT2D eigenvalue weighted by Crippen LogP contribution is -2.40. The average Bonchev–Trinajstić information content (AvgIpc) is 3.35. The minimum Gasteiger partial charge on any atom is -0.507 e. The number of amides is 1. The molecule has 1 saturated heterocycles. The molecule has 1 aliphatic heterocycles. The summed E-state index contributed by atoms with van der Waals surface area (Å²) in [6.07, 6.45) is 6.44. The summed E-state index contributed by atoms with van der Waals surface area (Å²) in [6.45, 7) is 3.87. The Morgan fingerprint density at radius 2 is 1.80 bits per heavy atom. The van der Waals surface area contributed by atoms with E-state index < -0.39 is 17.7 Å². The van der Waals surface area contributed by atoms with Gasteiger partial charge in [-0.15, -0.1) is 0 Å². The van der Waals surface area contributed by atoms with Crippen molar-refractivity contribution in [2.24, 2.45) is 0 Å². The van der Waals surface area contributed by atoms with Gasteiger partial charge in [0, 0.05) is 11.6 Å². The number of carbonyl (C=O) groups is 2. The number of furan rings is 1. The Morgan fingerprint density at radius 3 is 2.40 bits per heavy atom. The van der Waals surface area contributed by atoms with Gasteiger partial charge in [0.2, 0.25) is 0 Å². The number of hydrogen-bond acceptors (Lipinski definition) is 5. The lowest BCUT2D eigenvalue weighted by atomic mass is 9.92. The standard InChI is InChI=1S/C24H27NO5/c1-15(2)30-18-12-10-16(11-13-18)22(26)20-21(19-9-6-14-29-19)25(24(28)23(20)27)17-7-4-3-5-8-17/h6,9-15,17,21,26H,3-5,7-8H2,1-2H3/b22-20-. The first-order valence-electron chi connectivity index (χ1n) is 10.6. The number of ether oxygens (including phenoxy) is 1. The summed E-state index contributed by atoms with van der Waals surface area (Å²) in [5, 5.41) is 11.1. The van der Waals surface area contributed by atoms with E-state index in [0.29, 0.717) is 17.1 Å². The number of aliphatic hydroxyl groups excluding tert-OH is 1. The van der Waals surface area contributed by atoms with Crippen LogP contribution in [0.15, 0.2) is 52.7 Å². The zero-order chi connectivity index (χ0) is 21.3. The van der Waals surface area contributed by atoms with Gasteiger partial charge in [-0.3, -0.25) is 9.59 Å². The predicted molar refractivity (Wildman–Crippen MR) is 112 cm³/mol. The first kappa shape index (κ1) is 20.3. The highest BCUT2D eigenvalue weighted by Crippen LogP contribution is 2.43. The van der Waals surface area contributed by atoms with Gasteiger partial charge in [-0.1, -0.05) is 19.3 Å². The van der Waals surface area contributed by atoms with Crippen LogP contribution in [0.5, 0.6) is 5.75 Å². The van der Waals surface area contributed by atoms with Crippen LogP contribution in [-0.4, -0.2) is 33.8 Å². The van der Waals surface area contributed by atoms with Gasteiger partial charge in [-0.05, 0) is 63.1 Å². The molecule has 2 heterocycles. The van der Waals surface area contributed by atoms with Crippen molar-refractivity contribution in [3.63, 3.8) is 0 Å². The molecular formula is C24H27NO5. The van der Waals surface area contributed by atoms with Gasteiger partial charge in [0.1, 0.15) is 23.3 Å². The van der Waals surface area contributed by atoms with Gasteiger partial charge in [0.15, 0.2) is 0 Å². The fourth-order valence-corrected chi connectivity index (χ4v) is 4.43. The van der Waals surface area contributed by atoms with Crippen LogP contribution in [0.1, 0.15) is 63.3 Å². The van der Waals surface area contributed by atoms with E-state index in [1.165, 1.54) is 6.26 Å². The van der Waals surface area contributed by atoms with Crippen molar-refractivity contribution in [3.8, 4) is 5.75 Å². The summed E-state index contributed by atoms with van der Waals surface area (Å²) in [4.78, 5) is 27.6. The highest BCUT2D eigenvalue weighted by Gasteiger charge is 2.50. The van der Waals surface area contributed by atoms with E-state index >= 15 is 0 Å². The van der Waals surface area contributed by atoms with Gasteiger partial charge in [-0.25, -0.2) is 0 Å². The monoisotopic (exact) mass is 409 g/mol. The number of ketones is 1. The average molecular weight is 409 g/mol. The third kappa shape index (κ3) is 3.74. The molecule has 1 aromatic carbocycles. The van der Waals surface area contributed by atoms with Crippen LogP contribution in [0.4, 0.5) is 0 Å². The Hall–Kier alpha value is -3.02. The van der Waals surface area contributed by atoms with Crippen LogP contribution in [0, 0.1) is 0 Å². The van der Waals surface area contributed by atoms with Crippen LogP contribution >= 0.6 is 0 Å². The quantitative estimate of drug-likeness (QED) is 0.435. The Morgan fingerprint density at radius 1 is 1.10 bits per heavy atom. The van der Waals surface area contributed by atoms with E-state index in [0.717, 1.165) is 32.1 Å². The van der Waals surface area contributed by atoms with Crippen molar-refractivity contribution in [2.45, 2.75) is 64.1 Å². The fourth-order valence-electron chi connectivity index (χ4n) is 4.43. The SMILES string of the molecule is CC(C)Oc1ccc(/C(O)=C2/C(=O)C(=O)N(C3CCCCC3)C2c2ccco2)cc1. The Kier molecular flexibility index (Phi) is 5.66. The topological polar surface area (TPSA) is 80.0 Å². The third-order valence-corrected chi connectivity index (χ3v) is 5.76. The molecule has 1 aromatic heterocycles. The molecule has 6 nitrogen and oxygen atoms in total.